The molecule has 5 heteroatoms. The zero-order valence-corrected chi connectivity index (χ0v) is 17.1. The van der Waals surface area contributed by atoms with Crippen LogP contribution in [-0.4, -0.2) is 19.7 Å². The SMILES string of the molecule is COC1=CC(=O)C(=C2Oc3ccccc3N2B(c2ccccc2)c2ccccc2)C=C1. The second-order valence-electron chi connectivity index (χ2n) is 7.33. The molecule has 3 aromatic carbocycles. The van der Waals surface area contributed by atoms with Crippen LogP contribution in [0.15, 0.2) is 120 Å². The molecule has 31 heavy (non-hydrogen) atoms. The number of rotatable bonds is 4. The van der Waals surface area contributed by atoms with Crippen molar-refractivity contribution in [1.29, 1.82) is 0 Å². The number of ketones is 1. The standard InChI is InChI=1S/C26H20BNO3/c1-30-21-16-17-22(24(29)18-21)26-28(23-14-8-9-15-25(23)31-26)27(19-10-4-2-5-11-19)20-12-6-3-7-13-20/h2-18H,1H3. The second-order valence-corrected chi connectivity index (χ2v) is 7.33. The summed E-state index contributed by atoms with van der Waals surface area (Å²) < 4.78 is 11.5. The van der Waals surface area contributed by atoms with Gasteiger partial charge in [-0.25, -0.2) is 0 Å². The summed E-state index contributed by atoms with van der Waals surface area (Å²) in [5.74, 6) is 1.63. The normalized spacial score (nSPS) is 17.1. The summed E-state index contributed by atoms with van der Waals surface area (Å²) in [7, 11) is 1.55. The van der Waals surface area contributed by atoms with Gasteiger partial charge in [0.2, 0.25) is 0 Å². The molecule has 0 fully saturated rings. The third-order valence-corrected chi connectivity index (χ3v) is 5.46. The van der Waals surface area contributed by atoms with Gasteiger partial charge in [0.15, 0.2) is 17.4 Å². The lowest BCUT2D eigenvalue weighted by atomic mass is 9.49. The van der Waals surface area contributed by atoms with E-state index in [9.17, 15) is 4.79 Å². The van der Waals surface area contributed by atoms with Crippen LogP contribution in [0.25, 0.3) is 0 Å². The quantitative estimate of drug-likeness (QED) is 0.492. The van der Waals surface area contributed by atoms with Crippen molar-refractivity contribution in [2.75, 3.05) is 11.9 Å². The summed E-state index contributed by atoms with van der Waals surface area (Å²) in [6.07, 6.45) is 5.05. The van der Waals surface area contributed by atoms with Crippen LogP contribution in [0, 0.1) is 0 Å². The molecule has 2 aliphatic rings. The predicted octanol–water partition coefficient (Wildman–Crippen LogP) is 3.57. The molecular formula is C26H20BNO3. The molecule has 0 atom stereocenters. The topological polar surface area (TPSA) is 38.8 Å². The first-order valence-electron chi connectivity index (χ1n) is 10.1. The van der Waals surface area contributed by atoms with Gasteiger partial charge in [-0.1, -0.05) is 83.7 Å². The Bertz CT molecular complexity index is 1180. The monoisotopic (exact) mass is 405 g/mol. The Balaban J connectivity index is 1.73. The summed E-state index contributed by atoms with van der Waals surface area (Å²) in [5, 5.41) is 0. The second kappa shape index (κ2) is 8.03. The minimum Gasteiger partial charge on any atom is -0.497 e. The van der Waals surface area contributed by atoms with Gasteiger partial charge in [-0.3, -0.25) is 4.79 Å². The van der Waals surface area contributed by atoms with Crippen LogP contribution < -0.4 is 20.5 Å². The Hall–Kier alpha value is -3.99. The largest absolute Gasteiger partial charge is 0.497 e. The Kier molecular flexibility index (Phi) is 4.93. The van der Waals surface area contributed by atoms with Crippen molar-refractivity contribution >= 4 is 29.2 Å². The molecule has 1 aliphatic heterocycles. The minimum atomic E-state index is -0.164. The van der Waals surface area contributed by atoms with E-state index in [0.717, 1.165) is 22.4 Å². The lowest BCUT2D eigenvalue weighted by Crippen LogP contribution is -2.56. The van der Waals surface area contributed by atoms with E-state index in [1.165, 1.54) is 6.08 Å². The average molecular weight is 405 g/mol. The molecule has 150 valence electrons. The van der Waals surface area contributed by atoms with E-state index in [1.54, 1.807) is 19.3 Å². The van der Waals surface area contributed by atoms with Crippen LogP contribution in [0.3, 0.4) is 0 Å². The van der Waals surface area contributed by atoms with E-state index in [-0.39, 0.29) is 12.6 Å². The molecule has 0 amide bonds. The van der Waals surface area contributed by atoms with E-state index in [2.05, 4.69) is 29.1 Å². The van der Waals surface area contributed by atoms with Crippen molar-refractivity contribution in [3.05, 3.63) is 120 Å². The fourth-order valence-corrected chi connectivity index (χ4v) is 4.01. The number of nitrogens with zero attached hydrogens (tertiary/aromatic N) is 1. The molecule has 1 heterocycles. The van der Waals surface area contributed by atoms with Crippen LogP contribution in [0.2, 0.25) is 0 Å². The summed E-state index contributed by atoms with van der Waals surface area (Å²) >= 11 is 0. The number of benzene rings is 3. The highest BCUT2D eigenvalue weighted by Crippen LogP contribution is 2.41. The first-order chi connectivity index (χ1) is 15.3. The molecule has 0 radical (unpaired) electrons. The van der Waals surface area contributed by atoms with Crippen molar-refractivity contribution in [3.8, 4) is 5.75 Å². The third kappa shape index (κ3) is 3.44. The maximum atomic E-state index is 13.0. The molecule has 5 rings (SSSR count). The molecule has 3 aromatic rings. The predicted molar refractivity (Wildman–Crippen MR) is 124 cm³/mol. The third-order valence-electron chi connectivity index (χ3n) is 5.46. The first kappa shape index (κ1) is 19.0. The molecule has 0 aromatic heterocycles. The Labute approximate surface area is 181 Å². The summed E-state index contributed by atoms with van der Waals surface area (Å²) in [6.45, 7) is -0.164. The molecular weight excluding hydrogens is 385 g/mol. The maximum Gasteiger partial charge on any atom is 0.331 e. The zero-order chi connectivity index (χ0) is 21.2. The van der Waals surface area contributed by atoms with Gasteiger partial charge in [-0.05, 0) is 24.3 Å². The van der Waals surface area contributed by atoms with E-state index < -0.39 is 0 Å². The summed E-state index contributed by atoms with van der Waals surface area (Å²) in [4.78, 5) is 15.1. The molecule has 0 saturated carbocycles. The number of methoxy groups -OCH3 is 1. The molecule has 0 spiro atoms. The molecule has 4 nitrogen and oxygen atoms in total. The first-order valence-corrected chi connectivity index (χ1v) is 10.1. The summed E-state index contributed by atoms with van der Waals surface area (Å²) in [5.41, 5.74) is 3.62. The van der Waals surface area contributed by atoms with Crippen LogP contribution >= 0.6 is 0 Å². The highest BCUT2D eigenvalue weighted by Gasteiger charge is 2.39. The van der Waals surface area contributed by atoms with Crippen molar-refractivity contribution in [2.45, 2.75) is 0 Å². The number of fused-ring (bicyclic) bond motifs is 1. The van der Waals surface area contributed by atoms with Crippen LogP contribution in [0.1, 0.15) is 0 Å². The highest BCUT2D eigenvalue weighted by molar-refractivity contribution is 6.88. The molecule has 0 unspecified atom stereocenters. The van der Waals surface area contributed by atoms with Gasteiger partial charge in [-0.15, -0.1) is 0 Å². The Morgan fingerprint density at radius 2 is 1.42 bits per heavy atom. The highest BCUT2D eigenvalue weighted by atomic mass is 16.5. The van der Waals surface area contributed by atoms with Gasteiger partial charge >= 0.3 is 6.85 Å². The lowest BCUT2D eigenvalue weighted by Gasteiger charge is -2.28. The molecule has 0 bridgehead atoms. The van der Waals surface area contributed by atoms with Crippen molar-refractivity contribution in [3.63, 3.8) is 0 Å². The number of carbonyl (C=O) groups excluding carboxylic acids is 1. The van der Waals surface area contributed by atoms with Gasteiger partial charge in [0.1, 0.15) is 5.76 Å². The van der Waals surface area contributed by atoms with Gasteiger partial charge < -0.3 is 14.3 Å². The number of anilines is 1. The minimum absolute atomic E-state index is 0.146. The molecule has 0 saturated heterocycles. The van der Waals surface area contributed by atoms with Crippen molar-refractivity contribution < 1.29 is 14.3 Å². The lowest BCUT2D eigenvalue weighted by molar-refractivity contribution is -0.111. The van der Waals surface area contributed by atoms with E-state index >= 15 is 0 Å². The average Bonchev–Trinajstić information content (AvgIpc) is 3.19. The number of ether oxygens (including phenoxy) is 2. The van der Waals surface area contributed by atoms with Crippen LogP contribution in [-0.2, 0) is 9.53 Å². The number of para-hydroxylation sites is 2. The zero-order valence-electron chi connectivity index (χ0n) is 17.1. The smallest absolute Gasteiger partial charge is 0.331 e. The van der Waals surface area contributed by atoms with Crippen LogP contribution in [0.5, 0.6) is 5.75 Å². The van der Waals surface area contributed by atoms with E-state index in [1.807, 2.05) is 60.7 Å². The van der Waals surface area contributed by atoms with Crippen LogP contribution in [0.4, 0.5) is 5.69 Å². The van der Waals surface area contributed by atoms with Gasteiger partial charge in [-0.2, -0.15) is 0 Å². The van der Waals surface area contributed by atoms with E-state index in [4.69, 9.17) is 9.47 Å². The maximum absolute atomic E-state index is 13.0. The molecule has 0 N–H and O–H groups in total. The van der Waals surface area contributed by atoms with Gasteiger partial charge in [0.25, 0.3) is 0 Å². The van der Waals surface area contributed by atoms with E-state index in [0.29, 0.717) is 17.2 Å². The van der Waals surface area contributed by atoms with Gasteiger partial charge in [0.05, 0.1) is 18.4 Å². The number of allylic oxidation sites excluding steroid dienone is 4. The molecule has 1 aliphatic carbocycles. The number of carbonyl (C=O) groups is 1. The number of hydrogen-bond acceptors (Lipinski definition) is 4. The van der Waals surface area contributed by atoms with Gasteiger partial charge in [0, 0.05) is 6.08 Å². The van der Waals surface area contributed by atoms with Crippen molar-refractivity contribution in [2.24, 2.45) is 0 Å². The summed E-state index contributed by atoms with van der Waals surface area (Å²) in [6, 6.07) is 28.4. The fraction of sp³-hybridized carbons (Fsp3) is 0.0385. The Morgan fingerprint density at radius 3 is 2.03 bits per heavy atom. The Morgan fingerprint density at radius 1 is 0.806 bits per heavy atom. The fourth-order valence-electron chi connectivity index (χ4n) is 4.01. The number of hydrogen-bond donors (Lipinski definition) is 0. The van der Waals surface area contributed by atoms with Crippen molar-refractivity contribution in [1.82, 2.24) is 0 Å².